The minimum absolute atomic E-state index is 0.00121. The second-order valence-corrected chi connectivity index (χ2v) is 25.8. The first-order chi connectivity index (χ1) is 36.7. The average Bonchev–Trinajstić information content (AvgIpc) is 1.92. The van der Waals surface area contributed by atoms with Crippen LogP contribution >= 0.6 is 0 Å². The fraction of sp³-hybridized carbons (Fsp3) is 0.963. The number of aliphatic hydroxyl groups excluding tert-OH is 16. The van der Waals surface area contributed by atoms with Crippen molar-refractivity contribution in [3.63, 3.8) is 0 Å². The molecule has 24 nitrogen and oxygen atoms in total. The number of fused-ring (bicyclic) bond motifs is 2. The maximum atomic E-state index is 12.1. The molecule has 4 saturated heterocycles. The van der Waals surface area contributed by atoms with Crippen LogP contribution in [0.1, 0.15) is 99.3 Å². The Morgan fingerprint density at radius 1 is 0.538 bits per heavy atom. The molecule has 0 amide bonds. The normalized spacial score (nSPS) is 53.8. The molecular formula is C54H90O24. The minimum atomic E-state index is -1.93. The molecule has 450 valence electrons. The monoisotopic (exact) mass is 1120 g/mol. The molecule has 0 radical (unpaired) electrons. The van der Waals surface area contributed by atoms with Crippen LogP contribution in [0.25, 0.3) is 0 Å². The highest BCUT2D eigenvalue weighted by molar-refractivity contribution is 5.31. The number of hydrogen-bond acceptors (Lipinski definition) is 24. The Bertz CT molecular complexity index is 2070. The number of ether oxygens (including phenoxy) is 8. The van der Waals surface area contributed by atoms with E-state index in [1.165, 1.54) is 0 Å². The largest absolute Gasteiger partial charge is 0.394 e. The van der Waals surface area contributed by atoms with Crippen LogP contribution in [0.5, 0.6) is 0 Å². The summed E-state index contributed by atoms with van der Waals surface area (Å²) < 4.78 is 47.8. The van der Waals surface area contributed by atoms with Crippen molar-refractivity contribution in [2.24, 2.45) is 50.7 Å². The van der Waals surface area contributed by atoms with Gasteiger partial charge in [0.25, 0.3) is 0 Å². The number of aliphatic hydroxyl groups is 16. The summed E-state index contributed by atoms with van der Waals surface area (Å²) in [6, 6.07) is 0. The molecule has 0 unspecified atom stereocenters. The molecule has 9 aliphatic rings. The third-order valence-corrected chi connectivity index (χ3v) is 21.7. The summed E-state index contributed by atoms with van der Waals surface area (Å²) in [6.07, 6.45) is -25.8. The van der Waals surface area contributed by atoms with Gasteiger partial charge in [-0.1, -0.05) is 46.3 Å². The molecule has 0 aromatic heterocycles. The molecule has 2 spiro atoms. The van der Waals surface area contributed by atoms with Gasteiger partial charge in [-0.2, -0.15) is 0 Å². The van der Waals surface area contributed by atoms with Gasteiger partial charge >= 0.3 is 0 Å². The van der Waals surface area contributed by atoms with Gasteiger partial charge in [0.1, 0.15) is 97.7 Å². The third kappa shape index (κ3) is 10.00. The summed E-state index contributed by atoms with van der Waals surface area (Å²) in [6.45, 7) is 9.90. The second-order valence-electron chi connectivity index (χ2n) is 25.8. The van der Waals surface area contributed by atoms with Crippen molar-refractivity contribution in [1.29, 1.82) is 0 Å². The van der Waals surface area contributed by atoms with E-state index in [1.54, 1.807) is 6.92 Å². The molecule has 31 atom stereocenters. The van der Waals surface area contributed by atoms with Crippen LogP contribution < -0.4 is 0 Å². The zero-order valence-corrected chi connectivity index (χ0v) is 45.5. The summed E-state index contributed by atoms with van der Waals surface area (Å²) >= 11 is 0. The highest BCUT2D eigenvalue weighted by Gasteiger charge is 2.83. The van der Waals surface area contributed by atoms with Crippen LogP contribution in [-0.2, 0) is 37.9 Å². The van der Waals surface area contributed by atoms with Crippen molar-refractivity contribution < 1.29 is 120 Å². The lowest BCUT2D eigenvalue weighted by atomic mass is 9.41. The Labute approximate surface area is 454 Å². The lowest BCUT2D eigenvalue weighted by Crippen LogP contribution is -2.67. The molecule has 0 bridgehead atoms. The topological polar surface area (TPSA) is 398 Å². The fourth-order valence-corrected chi connectivity index (χ4v) is 17.1. The summed E-state index contributed by atoms with van der Waals surface area (Å²) in [5, 5.41) is 171. The molecule has 0 aromatic rings. The van der Waals surface area contributed by atoms with Crippen molar-refractivity contribution in [3.8, 4) is 0 Å². The highest BCUT2D eigenvalue weighted by atomic mass is 16.8. The molecule has 16 N–H and O–H groups in total. The lowest BCUT2D eigenvalue weighted by molar-refractivity contribution is -0.398. The predicted octanol–water partition coefficient (Wildman–Crippen LogP) is -3.62. The van der Waals surface area contributed by atoms with Crippen molar-refractivity contribution >= 4 is 0 Å². The van der Waals surface area contributed by atoms with Gasteiger partial charge in [-0.15, -0.1) is 0 Å². The van der Waals surface area contributed by atoms with E-state index in [0.717, 1.165) is 44.1 Å². The molecule has 24 heteroatoms. The molecule has 0 aromatic carbocycles. The van der Waals surface area contributed by atoms with Crippen LogP contribution in [0.3, 0.4) is 0 Å². The fourth-order valence-electron chi connectivity index (χ4n) is 17.1. The molecule has 4 aliphatic heterocycles. The van der Waals surface area contributed by atoms with Gasteiger partial charge in [-0.3, -0.25) is 0 Å². The maximum Gasteiger partial charge on any atom is 0.187 e. The van der Waals surface area contributed by atoms with E-state index in [0.29, 0.717) is 18.8 Å². The van der Waals surface area contributed by atoms with Gasteiger partial charge in [-0.05, 0) is 115 Å². The first kappa shape index (κ1) is 61.3. The highest BCUT2D eigenvalue weighted by Crippen LogP contribution is 2.89. The molecule has 4 heterocycles. The zero-order chi connectivity index (χ0) is 56.9. The van der Waals surface area contributed by atoms with Gasteiger partial charge in [0.2, 0.25) is 0 Å². The lowest BCUT2D eigenvalue weighted by Gasteiger charge is -2.63. The van der Waals surface area contributed by atoms with Gasteiger partial charge in [0.15, 0.2) is 25.2 Å². The third-order valence-electron chi connectivity index (χ3n) is 21.7. The van der Waals surface area contributed by atoms with Gasteiger partial charge in [0.05, 0.1) is 51.3 Å². The maximum absolute atomic E-state index is 12.1. The first-order valence-corrected chi connectivity index (χ1v) is 28.2. The zero-order valence-electron chi connectivity index (χ0n) is 45.5. The standard InChI is InChI=1S/C54H90O24/c1-22(20-71-46-42(69)38(65)34(61)26(16-55)72-46)7-8-24(59)23(2)33-25(60)15-52(6)31-10-9-30-50(3,4)32(11-12-53(30)21-54(31,53)14-13-51(33,52)5)76-48-44(40(67)36(63)28(18-57)74-48)78-49-45(41(68)37(64)29(19-58)75-49)77-47-43(70)39(66)35(62)27(17-56)73-47/h7,23-49,55-70H,8-21H2,1-6H3/b22-7-/t23-,24+,25-,26-,27-,28-,29-,30+,31+,32+,33+,34-,35-,36+,37-,38+,39+,40+,41+,42-,43-,44-,45-,46-,47+,48+,49+,51-,52+,53-,54+/m1/s1. The minimum Gasteiger partial charge on any atom is -0.394 e. The van der Waals surface area contributed by atoms with Gasteiger partial charge in [-0.25, -0.2) is 0 Å². The first-order valence-electron chi connectivity index (χ1n) is 28.2. The molecular weight excluding hydrogens is 1030 g/mol. The van der Waals surface area contributed by atoms with E-state index in [4.69, 9.17) is 37.9 Å². The Hall–Kier alpha value is -1.22. The summed E-state index contributed by atoms with van der Waals surface area (Å²) in [7, 11) is 0. The Morgan fingerprint density at radius 2 is 1.00 bits per heavy atom. The molecule has 5 saturated carbocycles. The molecule has 78 heavy (non-hydrogen) atoms. The van der Waals surface area contributed by atoms with E-state index in [-0.39, 0.29) is 52.4 Å². The summed E-state index contributed by atoms with van der Waals surface area (Å²) in [5.74, 6) is -0.000609. The van der Waals surface area contributed by atoms with Crippen molar-refractivity contribution in [2.45, 2.75) is 240 Å². The van der Waals surface area contributed by atoms with Crippen LogP contribution in [0.15, 0.2) is 11.6 Å². The van der Waals surface area contributed by atoms with Gasteiger partial charge < -0.3 is 120 Å². The van der Waals surface area contributed by atoms with E-state index in [9.17, 15) is 81.7 Å². The summed E-state index contributed by atoms with van der Waals surface area (Å²) in [5.41, 5.74) is -0.365. The number of hydrogen-bond donors (Lipinski definition) is 16. The van der Waals surface area contributed by atoms with Crippen LogP contribution in [0.2, 0.25) is 0 Å². The molecule has 9 rings (SSSR count). The van der Waals surface area contributed by atoms with E-state index < -0.39 is 173 Å². The van der Waals surface area contributed by atoms with E-state index >= 15 is 0 Å². The van der Waals surface area contributed by atoms with Gasteiger partial charge in [0, 0.05) is 0 Å². The van der Waals surface area contributed by atoms with E-state index in [1.807, 2.05) is 13.0 Å². The predicted molar refractivity (Wildman–Crippen MR) is 265 cm³/mol. The number of rotatable bonds is 17. The second kappa shape index (κ2) is 23.0. The Kier molecular flexibility index (Phi) is 18.1. The summed E-state index contributed by atoms with van der Waals surface area (Å²) in [4.78, 5) is 0. The van der Waals surface area contributed by atoms with Crippen LogP contribution in [-0.4, -0.2) is 256 Å². The molecule has 5 aliphatic carbocycles. The molecule has 9 fully saturated rings. The quantitative estimate of drug-likeness (QED) is 0.0494. The van der Waals surface area contributed by atoms with Crippen molar-refractivity contribution in [3.05, 3.63) is 11.6 Å². The smallest absolute Gasteiger partial charge is 0.187 e. The van der Waals surface area contributed by atoms with Crippen molar-refractivity contribution in [2.75, 3.05) is 33.0 Å². The van der Waals surface area contributed by atoms with Crippen LogP contribution in [0, 0.1) is 50.7 Å². The van der Waals surface area contributed by atoms with E-state index in [2.05, 4.69) is 27.7 Å². The Balaban J connectivity index is 0.880. The average molecular weight is 1120 g/mol. The van der Waals surface area contributed by atoms with Crippen molar-refractivity contribution in [1.82, 2.24) is 0 Å². The van der Waals surface area contributed by atoms with Crippen LogP contribution in [0.4, 0.5) is 0 Å². The SMILES string of the molecule is C/C(=C/C[C@H](O)[C@@H](C)[C@H]1[C@H](O)C[C@@]2(C)[C@@H]3CC[C@H]4C(C)(C)[C@@H](O[C@@H]5O[C@H](CO)[C@H](O)[C@H](O)[C@H]5O[C@@H]5O[C@H](CO)[C@@H](O)[C@H](O)[C@H]5O[C@@H]5O[C@H](CO)[C@@H](O)[C@H](O)[C@H]5O)CC[C@@]45C[C@@]35CC[C@]12C)CO[C@@H]1O[C@H](CO)[C@@H](O)[C@H](O)[C@H]1O. The Morgan fingerprint density at radius 3 is 1.55 bits per heavy atom.